The Labute approximate surface area is 182 Å². The maximum absolute atomic E-state index is 12.6. The fourth-order valence-corrected chi connectivity index (χ4v) is 3.77. The smallest absolute Gasteiger partial charge is 0.263 e. The number of carbonyl (C=O) groups is 1. The molecule has 0 saturated carbocycles. The second-order valence-electron chi connectivity index (χ2n) is 7.76. The summed E-state index contributed by atoms with van der Waals surface area (Å²) in [5.74, 6) is 1.25. The highest BCUT2D eigenvalue weighted by molar-refractivity contribution is 5.97. The summed E-state index contributed by atoms with van der Waals surface area (Å²) in [4.78, 5) is 17.0. The number of hydrogen-bond acceptors (Lipinski definition) is 6. The summed E-state index contributed by atoms with van der Waals surface area (Å²) in [5, 5.41) is 12.4. The zero-order valence-corrected chi connectivity index (χ0v) is 17.6. The quantitative estimate of drug-likeness (QED) is 0.574. The topological polar surface area (TPSA) is 77.8 Å². The van der Waals surface area contributed by atoms with Crippen molar-refractivity contribution in [3.8, 4) is 17.6 Å². The summed E-state index contributed by atoms with van der Waals surface area (Å²) in [6.07, 6.45) is 1.69. The molecule has 7 heteroatoms. The first kappa shape index (κ1) is 20.8. The van der Waals surface area contributed by atoms with Crippen LogP contribution in [0.2, 0.25) is 0 Å². The molecule has 1 amide bonds. The van der Waals surface area contributed by atoms with Gasteiger partial charge in [0.15, 0.2) is 11.5 Å². The van der Waals surface area contributed by atoms with Crippen LogP contribution < -0.4 is 14.8 Å². The SMILES string of the molecule is CC(NC(=O)/C(C#N)=C\N1CCN(Cc2ccc3c(c2)OCO3)CC1)c1ccccc1. The van der Waals surface area contributed by atoms with Gasteiger partial charge in [0.1, 0.15) is 11.6 Å². The van der Waals surface area contributed by atoms with Crippen molar-refractivity contribution in [1.29, 1.82) is 5.26 Å². The first-order valence-electron chi connectivity index (χ1n) is 10.4. The van der Waals surface area contributed by atoms with E-state index in [1.807, 2.05) is 60.4 Å². The van der Waals surface area contributed by atoms with Crippen molar-refractivity contribution in [3.05, 3.63) is 71.4 Å². The van der Waals surface area contributed by atoms with Gasteiger partial charge in [-0.1, -0.05) is 36.4 Å². The summed E-state index contributed by atoms with van der Waals surface area (Å²) in [6, 6.07) is 17.6. The number of fused-ring (bicyclic) bond motifs is 1. The molecule has 2 aliphatic heterocycles. The Bertz CT molecular complexity index is 992. The van der Waals surface area contributed by atoms with Crippen LogP contribution in [0.1, 0.15) is 24.1 Å². The van der Waals surface area contributed by atoms with E-state index in [0.717, 1.165) is 49.8 Å². The van der Waals surface area contributed by atoms with Crippen LogP contribution in [0, 0.1) is 11.3 Å². The third kappa shape index (κ3) is 5.16. The van der Waals surface area contributed by atoms with Gasteiger partial charge in [-0.3, -0.25) is 9.69 Å². The summed E-state index contributed by atoms with van der Waals surface area (Å²) < 4.78 is 10.8. The standard InChI is InChI=1S/C24H26N4O3/c1-18(20-5-3-2-4-6-20)26-24(29)21(14-25)16-28-11-9-27(10-12-28)15-19-7-8-22-23(13-19)31-17-30-22/h2-8,13,16,18H,9-12,15,17H2,1H3,(H,26,29)/b21-16-. The third-order valence-corrected chi connectivity index (χ3v) is 5.57. The highest BCUT2D eigenvalue weighted by Crippen LogP contribution is 2.32. The lowest BCUT2D eigenvalue weighted by molar-refractivity contribution is -0.117. The molecule has 1 atom stereocenters. The van der Waals surface area contributed by atoms with Gasteiger partial charge < -0.3 is 19.7 Å². The zero-order valence-electron chi connectivity index (χ0n) is 17.6. The Hall–Kier alpha value is -3.50. The van der Waals surface area contributed by atoms with E-state index in [1.54, 1.807) is 6.20 Å². The lowest BCUT2D eigenvalue weighted by atomic mass is 10.1. The van der Waals surface area contributed by atoms with Crippen molar-refractivity contribution < 1.29 is 14.3 Å². The van der Waals surface area contributed by atoms with E-state index < -0.39 is 0 Å². The molecule has 2 aliphatic rings. The molecule has 0 aromatic heterocycles. The van der Waals surface area contributed by atoms with Crippen LogP contribution in [0.5, 0.6) is 11.5 Å². The monoisotopic (exact) mass is 418 g/mol. The van der Waals surface area contributed by atoms with Gasteiger partial charge in [-0.25, -0.2) is 0 Å². The van der Waals surface area contributed by atoms with Crippen molar-refractivity contribution in [2.75, 3.05) is 33.0 Å². The Morgan fingerprint density at radius 1 is 1.13 bits per heavy atom. The number of hydrogen-bond donors (Lipinski definition) is 1. The van der Waals surface area contributed by atoms with Gasteiger partial charge in [-0.2, -0.15) is 5.26 Å². The number of nitrogens with zero attached hydrogens (tertiary/aromatic N) is 3. The van der Waals surface area contributed by atoms with Gasteiger partial charge >= 0.3 is 0 Å². The van der Waals surface area contributed by atoms with Gasteiger partial charge in [0.2, 0.25) is 6.79 Å². The van der Waals surface area contributed by atoms with E-state index in [2.05, 4.69) is 16.3 Å². The molecule has 160 valence electrons. The molecule has 7 nitrogen and oxygen atoms in total. The molecule has 0 spiro atoms. The number of amides is 1. The largest absolute Gasteiger partial charge is 0.454 e. The molecular weight excluding hydrogens is 392 g/mol. The van der Waals surface area contributed by atoms with Crippen molar-refractivity contribution in [2.45, 2.75) is 19.5 Å². The third-order valence-electron chi connectivity index (χ3n) is 5.57. The summed E-state index contributed by atoms with van der Waals surface area (Å²) >= 11 is 0. The van der Waals surface area contributed by atoms with Crippen LogP contribution in [0.15, 0.2) is 60.3 Å². The van der Waals surface area contributed by atoms with Crippen LogP contribution in [0.25, 0.3) is 0 Å². The normalized spacial score (nSPS) is 17.2. The highest BCUT2D eigenvalue weighted by atomic mass is 16.7. The van der Waals surface area contributed by atoms with E-state index in [4.69, 9.17) is 9.47 Å². The Morgan fingerprint density at radius 2 is 1.87 bits per heavy atom. The maximum Gasteiger partial charge on any atom is 0.263 e. The molecule has 1 unspecified atom stereocenters. The van der Waals surface area contributed by atoms with Gasteiger partial charge in [0.05, 0.1) is 6.04 Å². The molecule has 0 aliphatic carbocycles. The molecule has 2 aromatic rings. The number of rotatable bonds is 6. The van der Waals surface area contributed by atoms with Crippen molar-refractivity contribution >= 4 is 5.91 Å². The van der Waals surface area contributed by atoms with E-state index in [9.17, 15) is 10.1 Å². The molecule has 2 aromatic carbocycles. The van der Waals surface area contributed by atoms with Gasteiger partial charge in [-0.15, -0.1) is 0 Å². The summed E-state index contributed by atoms with van der Waals surface area (Å²) in [5.41, 5.74) is 2.32. The minimum absolute atomic E-state index is 0.131. The first-order valence-corrected chi connectivity index (χ1v) is 10.4. The summed E-state index contributed by atoms with van der Waals surface area (Å²) in [7, 11) is 0. The predicted octanol–water partition coefficient (Wildman–Crippen LogP) is 2.82. The highest BCUT2D eigenvalue weighted by Gasteiger charge is 2.20. The fourth-order valence-electron chi connectivity index (χ4n) is 3.77. The molecule has 1 saturated heterocycles. The van der Waals surface area contributed by atoms with E-state index in [1.165, 1.54) is 5.56 Å². The zero-order chi connectivity index (χ0) is 21.6. The van der Waals surface area contributed by atoms with Gasteiger partial charge in [0, 0.05) is 38.9 Å². The number of benzene rings is 2. The van der Waals surface area contributed by atoms with Crippen LogP contribution in [0.3, 0.4) is 0 Å². The molecule has 31 heavy (non-hydrogen) atoms. The van der Waals surface area contributed by atoms with Gasteiger partial charge in [-0.05, 0) is 30.2 Å². The van der Waals surface area contributed by atoms with E-state index in [0.29, 0.717) is 0 Å². The van der Waals surface area contributed by atoms with Crippen molar-refractivity contribution in [3.63, 3.8) is 0 Å². The number of ether oxygens (including phenoxy) is 2. The average Bonchev–Trinajstić information content (AvgIpc) is 3.27. The number of nitriles is 1. The van der Waals surface area contributed by atoms with Gasteiger partial charge in [0.25, 0.3) is 5.91 Å². The average molecular weight is 418 g/mol. The van der Waals surface area contributed by atoms with Crippen molar-refractivity contribution in [2.24, 2.45) is 0 Å². The second kappa shape index (κ2) is 9.54. The van der Waals surface area contributed by atoms with Crippen LogP contribution >= 0.6 is 0 Å². The van der Waals surface area contributed by atoms with E-state index >= 15 is 0 Å². The lowest BCUT2D eigenvalue weighted by Crippen LogP contribution is -2.44. The number of piperazine rings is 1. The molecule has 1 N–H and O–H groups in total. The molecule has 2 heterocycles. The second-order valence-corrected chi connectivity index (χ2v) is 7.76. The minimum Gasteiger partial charge on any atom is -0.454 e. The molecule has 4 rings (SSSR count). The minimum atomic E-state index is -0.346. The fraction of sp³-hybridized carbons (Fsp3) is 0.333. The van der Waals surface area contributed by atoms with Crippen molar-refractivity contribution in [1.82, 2.24) is 15.1 Å². The van der Waals surface area contributed by atoms with E-state index in [-0.39, 0.29) is 24.3 Å². The Morgan fingerprint density at radius 3 is 2.61 bits per heavy atom. The Kier molecular flexibility index (Phi) is 6.39. The number of nitrogens with one attached hydrogen (secondary N) is 1. The Balaban J connectivity index is 1.30. The molecule has 1 fully saturated rings. The maximum atomic E-state index is 12.6. The first-order chi connectivity index (χ1) is 15.1. The van der Waals surface area contributed by atoms with Crippen LogP contribution in [0.4, 0.5) is 0 Å². The van der Waals surface area contributed by atoms with Crippen LogP contribution in [-0.2, 0) is 11.3 Å². The lowest BCUT2D eigenvalue weighted by Gasteiger charge is -2.34. The number of carbonyl (C=O) groups excluding carboxylic acids is 1. The predicted molar refractivity (Wildman–Crippen MR) is 116 cm³/mol. The van der Waals surface area contributed by atoms with Crippen LogP contribution in [-0.4, -0.2) is 48.7 Å². The molecular formula is C24H26N4O3. The molecule has 0 radical (unpaired) electrons. The molecule has 0 bridgehead atoms. The summed E-state index contributed by atoms with van der Waals surface area (Å²) in [6.45, 7) is 6.25.